The molecule has 0 aromatic carbocycles. The summed E-state index contributed by atoms with van der Waals surface area (Å²) in [6, 6.07) is 0. The molecular formula is C14H28O. The normalized spacial score (nSPS) is 32.6. The summed E-state index contributed by atoms with van der Waals surface area (Å²) in [4.78, 5) is 0. The van der Waals surface area contributed by atoms with E-state index in [0.717, 1.165) is 24.2 Å². The van der Waals surface area contributed by atoms with Crippen LogP contribution in [-0.4, -0.2) is 11.2 Å². The highest BCUT2D eigenvalue weighted by Crippen LogP contribution is 2.35. The largest absolute Gasteiger partial charge is 0.393 e. The highest BCUT2D eigenvalue weighted by atomic mass is 16.3. The van der Waals surface area contributed by atoms with Crippen LogP contribution in [0.1, 0.15) is 59.8 Å². The lowest BCUT2D eigenvalue weighted by Gasteiger charge is -2.34. The van der Waals surface area contributed by atoms with Crippen molar-refractivity contribution in [3.05, 3.63) is 0 Å². The number of rotatable bonds is 4. The second-order valence-corrected chi connectivity index (χ2v) is 6.27. The molecule has 0 spiro atoms. The quantitative estimate of drug-likeness (QED) is 0.750. The highest BCUT2D eigenvalue weighted by Gasteiger charge is 2.29. The van der Waals surface area contributed by atoms with E-state index in [0.29, 0.717) is 5.92 Å². The van der Waals surface area contributed by atoms with E-state index in [4.69, 9.17) is 0 Å². The third-order valence-electron chi connectivity index (χ3n) is 3.64. The Kier molecular flexibility index (Phi) is 5.11. The summed E-state index contributed by atoms with van der Waals surface area (Å²) in [6.07, 6.45) is 6.12. The minimum Gasteiger partial charge on any atom is -0.393 e. The Labute approximate surface area is 95.3 Å². The summed E-state index contributed by atoms with van der Waals surface area (Å²) in [5.74, 6) is 2.87. The molecule has 0 saturated heterocycles. The van der Waals surface area contributed by atoms with E-state index < -0.39 is 0 Å². The van der Waals surface area contributed by atoms with Crippen molar-refractivity contribution in [3.8, 4) is 0 Å². The van der Waals surface area contributed by atoms with E-state index in [-0.39, 0.29) is 6.10 Å². The first kappa shape index (κ1) is 13.0. The fourth-order valence-corrected chi connectivity index (χ4v) is 3.06. The molecule has 0 amide bonds. The van der Waals surface area contributed by atoms with Gasteiger partial charge in [0.2, 0.25) is 0 Å². The zero-order valence-electron chi connectivity index (χ0n) is 10.9. The summed E-state index contributed by atoms with van der Waals surface area (Å²) in [6.45, 7) is 9.08. The van der Waals surface area contributed by atoms with Crippen LogP contribution >= 0.6 is 0 Å². The third-order valence-corrected chi connectivity index (χ3v) is 3.64. The van der Waals surface area contributed by atoms with E-state index in [9.17, 15) is 5.11 Å². The van der Waals surface area contributed by atoms with Gasteiger partial charge in [0.15, 0.2) is 0 Å². The van der Waals surface area contributed by atoms with Gasteiger partial charge in [0, 0.05) is 0 Å². The van der Waals surface area contributed by atoms with Gasteiger partial charge in [-0.3, -0.25) is 0 Å². The summed E-state index contributed by atoms with van der Waals surface area (Å²) < 4.78 is 0. The van der Waals surface area contributed by atoms with Crippen molar-refractivity contribution in [2.24, 2.45) is 23.7 Å². The molecule has 0 aromatic rings. The predicted octanol–water partition coefficient (Wildman–Crippen LogP) is 3.86. The average Bonchev–Trinajstić information content (AvgIpc) is 2.08. The maximum Gasteiger partial charge on any atom is 0.0571 e. The van der Waals surface area contributed by atoms with E-state index in [1.807, 2.05) is 0 Å². The van der Waals surface area contributed by atoms with Gasteiger partial charge in [-0.2, -0.15) is 0 Å². The number of hydrogen-bond acceptors (Lipinski definition) is 1. The standard InChI is InChI=1S/C14H28O/c1-10(2)7-12-5-6-13(8-11(3)4)14(15)9-12/h10-15H,5-9H2,1-4H3. The minimum atomic E-state index is -0.0232. The predicted molar refractivity (Wildman–Crippen MR) is 65.7 cm³/mol. The van der Waals surface area contributed by atoms with Gasteiger partial charge >= 0.3 is 0 Å². The molecule has 15 heavy (non-hydrogen) atoms. The van der Waals surface area contributed by atoms with Gasteiger partial charge in [0.05, 0.1) is 6.10 Å². The third kappa shape index (κ3) is 4.55. The molecule has 1 N–H and O–H groups in total. The van der Waals surface area contributed by atoms with Crippen molar-refractivity contribution in [1.82, 2.24) is 0 Å². The Morgan fingerprint density at radius 1 is 1.00 bits per heavy atom. The molecule has 1 nitrogen and oxygen atoms in total. The lowest BCUT2D eigenvalue weighted by molar-refractivity contribution is 0.0302. The Bertz CT molecular complexity index is 174. The summed E-state index contributed by atoms with van der Waals surface area (Å²) in [5, 5.41) is 10.1. The van der Waals surface area contributed by atoms with E-state index in [1.165, 1.54) is 25.7 Å². The van der Waals surface area contributed by atoms with Crippen molar-refractivity contribution in [2.75, 3.05) is 0 Å². The second kappa shape index (κ2) is 5.89. The van der Waals surface area contributed by atoms with Crippen molar-refractivity contribution in [3.63, 3.8) is 0 Å². The van der Waals surface area contributed by atoms with Crippen LogP contribution in [0.25, 0.3) is 0 Å². The molecule has 0 bridgehead atoms. The van der Waals surface area contributed by atoms with E-state index in [2.05, 4.69) is 27.7 Å². The van der Waals surface area contributed by atoms with Crippen molar-refractivity contribution in [1.29, 1.82) is 0 Å². The molecule has 0 aliphatic heterocycles. The fraction of sp³-hybridized carbons (Fsp3) is 1.00. The molecule has 3 unspecified atom stereocenters. The molecule has 3 atom stereocenters. The Hall–Kier alpha value is -0.0400. The van der Waals surface area contributed by atoms with Gasteiger partial charge in [-0.15, -0.1) is 0 Å². The fourth-order valence-electron chi connectivity index (χ4n) is 3.06. The smallest absolute Gasteiger partial charge is 0.0571 e. The van der Waals surface area contributed by atoms with Crippen LogP contribution in [0.15, 0.2) is 0 Å². The zero-order chi connectivity index (χ0) is 11.4. The molecular weight excluding hydrogens is 184 g/mol. The maximum atomic E-state index is 10.1. The lowest BCUT2D eigenvalue weighted by atomic mass is 9.74. The number of aliphatic hydroxyl groups is 1. The van der Waals surface area contributed by atoms with Crippen LogP contribution in [0.4, 0.5) is 0 Å². The first-order valence-electron chi connectivity index (χ1n) is 6.67. The van der Waals surface area contributed by atoms with Gasteiger partial charge in [0.25, 0.3) is 0 Å². The molecule has 1 fully saturated rings. The lowest BCUT2D eigenvalue weighted by Crippen LogP contribution is -2.30. The Morgan fingerprint density at radius 2 is 1.60 bits per heavy atom. The molecule has 0 heterocycles. The van der Waals surface area contributed by atoms with Crippen LogP contribution in [0.3, 0.4) is 0 Å². The van der Waals surface area contributed by atoms with Crippen LogP contribution in [-0.2, 0) is 0 Å². The highest BCUT2D eigenvalue weighted by molar-refractivity contribution is 4.80. The number of hydrogen-bond donors (Lipinski definition) is 1. The molecule has 1 rings (SSSR count). The zero-order valence-corrected chi connectivity index (χ0v) is 10.9. The monoisotopic (exact) mass is 212 g/mol. The van der Waals surface area contributed by atoms with E-state index >= 15 is 0 Å². The minimum absolute atomic E-state index is 0.0232. The molecule has 1 saturated carbocycles. The SMILES string of the molecule is CC(C)CC1CCC(CC(C)C)C(O)C1. The van der Waals surface area contributed by atoms with Crippen molar-refractivity contribution < 1.29 is 5.11 Å². The summed E-state index contributed by atoms with van der Waals surface area (Å²) in [7, 11) is 0. The van der Waals surface area contributed by atoms with Crippen LogP contribution in [0, 0.1) is 23.7 Å². The topological polar surface area (TPSA) is 20.2 Å². The van der Waals surface area contributed by atoms with Gasteiger partial charge in [-0.05, 0) is 55.8 Å². The Morgan fingerprint density at radius 3 is 2.07 bits per heavy atom. The van der Waals surface area contributed by atoms with Crippen LogP contribution < -0.4 is 0 Å². The van der Waals surface area contributed by atoms with Gasteiger partial charge in [-0.1, -0.05) is 27.7 Å². The second-order valence-electron chi connectivity index (χ2n) is 6.27. The molecule has 90 valence electrons. The van der Waals surface area contributed by atoms with Crippen molar-refractivity contribution >= 4 is 0 Å². The Balaban J connectivity index is 2.34. The van der Waals surface area contributed by atoms with Gasteiger partial charge < -0.3 is 5.11 Å². The summed E-state index contributed by atoms with van der Waals surface area (Å²) >= 11 is 0. The number of aliphatic hydroxyl groups excluding tert-OH is 1. The molecule has 0 radical (unpaired) electrons. The molecule has 1 heteroatoms. The maximum absolute atomic E-state index is 10.1. The first-order valence-corrected chi connectivity index (χ1v) is 6.67. The van der Waals surface area contributed by atoms with E-state index in [1.54, 1.807) is 0 Å². The molecule has 1 aliphatic rings. The van der Waals surface area contributed by atoms with Crippen LogP contribution in [0.2, 0.25) is 0 Å². The van der Waals surface area contributed by atoms with Gasteiger partial charge in [0.1, 0.15) is 0 Å². The summed E-state index contributed by atoms with van der Waals surface area (Å²) in [5.41, 5.74) is 0. The first-order chi connectivity index (χ1) is 6.99. The van der Waals surface area contributed by atoms with Gasteiger partial charge in [-0.25, -0.2) is 0 Å². The molecule has 0 aromatic heterocycles. The average molecular weight is 212 g/mol. The van der Waals surface area contributed by atoms with Crippen molar-refractivity contribution in [2.45, 2.75) is 65.9 Å². The van der Waals surface area contributed by atoms with Crippen LogP contribution in [0.5, 0.6) is 0 Å². The molecule has 1 aliphatic carbocycles.